The van der Waals surface area contributed by atoms with Gasteiger partial charge in [0, 0.05) is 9.50 Å². The lowest BCUT2D eigenvalue weighted by atomic mass is 10.1. The average molecular weight is 579 g/mol. The van der Waals surface area contributed by atoms with Crippen LogP contribution in [0.5, 0.6) is 11.5 Å². The number of rotatable bonds is 7. The van der Waals surface area contributed by atoms with Crippen molar-refractivity contribution in [2.24, 2.45) is 0 Å². The molecule has 0 bridgehead atoms. The van der Waals surface area contributed by atoms with E-state index in [1.165, 1.54) is 0 Å². The minimum atomic E-state index is -0.415. The molecule has 2 amide bonds. The number of carbonyl (C=O) groups is 2. The maximum Gasteiger partial charge on any atom is 0.298 e. The van der Waals surface area contributed by atoms with Crippen LogP contribution in [0.3, 0.4) is 0 Å². The van der Waals surface area contributed by atoms with E-state index >= 15 is 0 Å². The van der Waals surface area contributed by atoms with Crippen LogP contribution in [0.2, 0.25) is 10.0 Å². The summed E-state index contributed by atoms with van der Waals surface area (Å²) in [4.78, 5) is 26.9. The third kappa shape index (κ3) is 5.61. The Morgan fingerprint density at radius 3 is 2.38 bits per heavy atom. The second-order valence-corrected chi connectivity index (χ2v) is 9.92. The first-order valence-electron chi connectivity index (χ1n) is 10.2. The second kappa shape index (κ2) is 10.9. The highest BCUT2D eigenvalue weighted by Crippen LogP contribution is 2.40. The van der Waals surface area contributed by atoms with Crippen LogP contribution in [0.25, 0.3) is 6.08 Å². The number of hydrogen-bond donors (Lipinski definition) is 0. The van der Waals surface area contributed by atoms with Gasteiger partial charge < -0.3 is 9.47 Å². The largest absolute Gasteiger partial charge is 0.490 e. The Kier molecular flexibility index (Phi) is 7.88. The second-order valence-electron chi connectivity index (χ2n) is 7.17. The van der Waals surface area contributed by atoms with Crippen molar-refractivity contribution in [2.75, 3.05) is 11.5 Å². The van der Waals surface area contributed by atoms with E-state index < -0.39 is 5.91 Å². The number of anilines is 1. The molecule has 1 heterocycles. The molecule has 5 nitrogen and oxygen atoms in total. The van der Waals surface area contributed by atoms with Crippen molar-refractivity contribution in [3.63, 3.8) is 0 Å². The van der Waals surface area contributed by atoms with Gasteiger partial charge in [0.05, 0.1) is 22.2 Å². The van der Waals surface area contributed by atoms with E-state index in [9.17, 15) is 9.59 Å². The Morgan fingerprint density at radius 2 is 1.71 bits per heavy atom. The monoisotopic (exact) mass is 577 g/mol. The predicted molar refractivity (Wildman–Crippen MR) is 141 cm³/mol. The molecule has 0 aliphatic carbocycles. The van der Waals surface area contributed by atoms with Crippen molar-refractivity contribution in [2.45, 2.75) is 13.5 Å². The highest BCUT2D eigenvalue weighted by Gasteiger charge is 2.36. The van der Waals surface area contributed by atoms with Gasteiger partial charge in [-0.05, 0) is 84.4 Å². The van der Waals surface area contributed by atoms with Gasteiger partial charge in [-0.15, -0.1) is 0 Å². The van der Waals surface area contributed by atoms with Crippen molar-refractivity contribution in [1.82, 2.24) is 0 Å². The van der Waals surface area contributed by atoms with E-state index in [1.54, 1.807) is 42.5 Å². The minimum absolute atomic E-state index is 0.280. The molecule has 0 atom stereocenters. The van der Waals surface area contributed by atoms with Gasteiger partial charge >= 0.3 is 0 Å². The number of benzene rings is 3. The van der Waals surface area contributed by atoms with E-state index in [4.69, 9.17) is 32.7 Å². The van der Waals surface area contributed by atoms with Gasteiger partial charge in [-0.3, -0.25) is 9.59 Å². The molecule has 4 rings (SSSR count). The summed E-state index contributed by atoms with van der Waals surface area (Å²) in [5.41, 5.74) is 2.05. The number of nitrogens with zero attached hydrogens (tertiary/aromatic N) is 1. The Bertz CT molecular complexity index is 1260. The number of halogens is 3. The molecule has 1 aliphatic heterocycles. The maximum absolute atomic E-state index is 12.9. The van der Waals surface area contributed by atoms with Gasteiger partial charge in [0.15, 0.2) is 11.5 Å². The third-order valence-corrected chi connectivity index (χ3v) is 6.74. The summed E-state index contributed by atoms with van der Waals surface area (Å²) in [6.45, 7) is 2.57. The number of ether oxygens (including phenoxy) is 2. The fraction of sp³-hybridized carbons (Fsp3) is 0.120. The van der Waals surface area contributed by atoms with Crippen LogP contribution in [0.15, 0.2) is 70.0 Å². The third-order valence-electron chi connectivity index (χ3n) is 4.80. The topological polar surface area (TPSA) is 55.8 Å². The number of imide groups is 1. The van der Waals surface area contributed by atoms with Crippen molar-refractivity contribution in [3.05, 3.63) is 91.2 Å². The van der Waals surface area contributed by atoms with Crippen molar-refractivity contribution in [1.29, 1.82) is 0 Å². The van der Waals surface area contributed by atoms with E-state index in [0.717, 1.165) is 26.7 Å². The Morgan fingerprint density at radius 1 is 1.00 bits per heavy atom. The molecular weight excluding hydrogens is 561 g/mol. The fourth-order valence-corrected chi connectivity index (χ4v) is 4.75. The molecule has 3 aromatic carbocycles. The normalized spacial score (nSPS) is 14.7. The van der Waals surface area contributed by atoms with E-state index in [2.05, 4.69) is 15.9 Å². The van der Waals surface area contributed by atoms with Crippen molar-refractivity contribution in [3.8, 4) is 11.5 Å². The average Bonchev–Trinajstić information content (AvgIpc) is 3.08. The lowest BCUT2D eigenvalue weighted by Gasteiger charge is -2.15. The van der Waals surface area contributed by atoms with Gasteiger partial charge in [-0.1, -0.05) is 51.3 Å². The van der Waals surface area contributed by atoms with E-state index in [0.29, 0.717) is 46.0 Å². The highest BCUT2D eigenvalue weighted by atomic mass is 79.9. The Balaban J connectivity index is 1.59. The zero-order chi connectivity index (χ0) is 24.2. The minimum Gasteiger partial charge on any atom is -0.490 e. The number of hydrogen-bond acceptors (Lipinski definition) is 5. The molecule has 174 valence electrons. The Labute approximate surface area is 219 Å². The summed E-state index contributed by atoms with van der Waals surface area (Å²) in [5.74, 6) is 0.454. The molecule has 0 aromatic heterocycles. The zero-order valence-electron chi connectivity index (χ0n) is 17.9. The first-order chi connectivity index (χ1) is 16.4. The van der Waals surface area contributed by atoms with Gasteiger partial charge in [0.1, 0.15) is 6.61 Å². The molecule has 3 aromatic rings. The van der Waals surface area contributed by atoms with Crippen LogP contribution in [-0.2, 0) is 11.4 Å². The van der Waals surface area contributed by atoms with Crippen LogP contribution in [-0.4, -0.2) is 17.8 Å². The van der Waals surface area contributed by atoms with Gasteiger partial charge in [-0.2, -0.15) is 0 Å². The molecule has 0 spiro atoms. The summed E-state index contributed by atoms with van der Waals surface area (Å²) >= 11 is 16.7. The number of carbonyl (C=O) groups excluding carboxylic acids is 2. The molecule has 9 heteroatoms. The predicted octanol–water partition coefficient (Wildman–Crippen LogP) is 7.97. The molecule has 0 saturated carbocycles. The molecule has 0 unspecified atom stereocenters. The fourth-order valence-electron chi connectivity index (χ4n) is 3.24. The summed E-state index contributed by atoms with van der Waals surface area (Å²) in [6.07, 6.45) is 1.62. The van der Waals surface area contributed by atoms with Crippen LogP contribution >= 0.6 is 50.9 Å². The highest BCUT2D eigenvalue weighted by molar-refractivity contribution is 9.10. The SMILES string of the molecule is CCOc1cc(/C=C2/SC(=O)N(c3ccc(Cl)cc3)C2=O)cc(Cl)c1OCc1ccc(Br)cc1. The Hall–Kier alpha value is -2.45. The smallest absolute Gasteiger partial charge is 0.298 e. The molecule has 34 heavy (non-hydrogen) atoms. The summed E-state index contributed by atoms with van der Waals surface area (Å²) < 4.78 is 12.7. The summed E-state index contributed by atoms with van der Waals surface area (Å²) in [6, 6.07) is 17.7. The maximum atomic E-state index is 12.9. The molecule has 0 radical (unpaired) electrons. The molecule has 0 N–H and O–H groups in total. The van der Waals surface area contributed by atoms with Crippen LogP contribution in [0.4, 0.5) is 10.5 Å². The van der Waals surface area contributed by atoms with E-state index in [1.807, 2.05) is 31.2 Å². The molecule has 1 saturated heterocycles. The molecular formula is C25H18BrCl2NO4S. The zero-order valence-corrected chi connectivity index (χ0v) is 21.8. The molecule has 1 fully saturated rings. The van der Waals surface area contributed by atoms with Crippen molar-refractivity contribution >= 4 is 73.8 Å². The first-order valence-corrected chi connectivity index (χ1v) is 12.6. The lowest BCUT2D eigenvalue weighted by Crippen LogP contribution is -2.27. The molecule has 1 aliphatic rings. The van der Waals surface area contributed by atoms with Crippen molar-refractivity contribution < 1.29 is 19.1 Å². The summed E-state index contributed by atoms with van der Waals surface area (Å²) in [7, 11) is 0. The quantitative estimate of drug-likeness (QED) is 0.266. The number of thioether (sulfide) groups is 1. The number of amides is 2. The first kappa shape index (κ1) is 24.7. The van der Waals surface area contributed by atoms with Crippen LogP contribution in [0.1, 0.15) is 18.1 Å². The van der Waals surface area contributed by atoms with Gasteiger partial charge in [-0.25, -0.2) is 4.90 Å². The van der Waals surface area contributed by atoms with Crippen LogP contribution in [0, 0.1) is 0 Å². The summed E-state index contributed by atoms with van der Waals surface area (Å²) in [5, 5.41) is 0.474. The van der Waals surface area contributed by atoms with Crippen LogP contribution < -0.4 is 14.4 Å². The lowest BCUT2D eigenvalue weighted by molar-refractivity contribution is -0.113. The van der Waals surface area contributed by atoms with E-state index in [-0.39, 0.29) is 10.1 Å². The van der Waals surface area contributed by atoms with Gasteiger partial charge in [0.25, 0.3) is 11.1 Å². The van der Waals surface area contributed by atoms with Gasteiger partial charge in [0.2, 0.25) is 0 Å². The standard InChI is InChI=1S/C25H18BrCl2NO4S/c1-2-32-21-12-16(11-20(28)23(21)33-14-15-3-5-17(26)6-4-15)13-22-24(30)29(25(31)34-22)19-9-7-18(27)8-10-19/h3-13H,2,14H2,1H3/b22-13+.